The number of alkyl halides is 6. The zero-order valence-electron chi connectivity index (χ0n) is 12.5. The SMILES string of the molecule is Cc1cc(C(F)(F)F)nc(NC(=N)Nc2ccccc2C(F)(F)F)n1. The van der Waals surface area contributed by atoms with Gasteiger partial charge in [0.15, 0.2) is 5.96 Å². The second kappa shape index (κ2) is 6.57. The fourth-order valence-corrected chi connectivity index (χ4v) is 1.89. The minimum atomic E-state index is -4.72. The lowest BCUT2D eigenvalue weighted by Gasteiger charge is -2.15. The van der Waals surface area contributed by atoms with E-state index < -0.39 is 41.2 Å². The summed E-state index contributed by atoms with van der Waals surface area (Å²) in [6.07, 6.45) is -9.38. The Bertz CT molecular complexity index is 784. The molecule has 0 bridgehead atoms. The minimum absolute atomic E-state index is 0.0201. The third-order valence-electron chi connectivity index (χ3n) is 2.87. The third-order valence-corrected chi connectivity index (χ3v) is 2.87. The number of nitrogens with one attached hydrogen (secondary N) is 3. The molecule has 2 aromatic rings. The maximum absolute atomic E-state index is 12.9. The molecule has 1 aromatic heterocycles. The fourth-order valence-electron chi connectivity index (χ4n) is 1.89. The highest BCUT2D eigenvalue weighted by Gasteiger charge is 2.34. The number of guanidine groups is 1. The van der Waals surface area contributed by atoms with E-state index in [4.69, 9.17) is 5.41 Å². The van der Waals surface area contributed by atoms with Crippen molar-refractivity contribution in [1.82, 2.24) is 9.97 Å². The Hall–Kier alpha value is -2.85. The van der Waals surface area contributed by atoms with Gasteiger partial charge in [-0.05, 0) is 25.1 Å². The van der Waals surface area contributed by atoms with E-state index in [0.717, 1.165) is 12.1 Å². The smallest absolute Gasteiger partial charge is 0.326 e. The van der Waals surface area contributed by atoms with Gasteiger partial charge in [-0.15, -0.1) is 0 Å². The first kappa shape index (κ1) is 18.5. The molecule has 0 spiro atoms. The quantitative estimate of drug-likeness (QED) is 0.423. The molecule has 3 N–H and O–H groups in total. The maximum Gasteiger partial charge on any atom is 0.433 e. The number of anilines is 2. The molecule has 0 saturated carbocycles. The zero-order valence-corrected chi connectivity index (χ0v) is 12.5. The van der Waals surface area contributed by atoms with Crippen molar-refractivity contribution < 1.29 is 26.3 Å². The van der Waals surface area contributed by atoms with Gasteiger partial charge in [0.25, 0.3) is 0 Å². The Morgan fingerprint density at radius 2 is 1.60 bits per heavy atom. The van der Waals surface area contributed by atoms with Crippen LogP contribution in [0.3, 0.4) is 0 Å². The first-order chi connectivity index (χ1) is 11.5. The Morgan fingerprint density at radius 3 is 2.20 bits per heavy atom. The Balaban J connectivity index is 2.21. The molecule has 0 fully saturated rings. The summed E-state index contributed by atoms with van der Waals surface area (Å²) in [5, 5.41) is 11.8. The van der Waals surface area contributed by atoms with Crippen molar-refractivity contribution in [1.29, 1.82) is 5.41 Å². The summed E-state index contributed by atoms with van der Waals surface area (Å²) in [5.41, 5.74) is -2.71. The van der Waals surface area contributed by atoms with Crippen LogP contribution in [0.2, 0.25) is 0 Å². The Morgan fingerprint density at radius 1 is 0.960 bits per heavy atom. The number of aromatic nitrogens is 2. The van der Waals surface area contributed by atoms with Crippen molar-refractivity contribution in [2.75, 3.05) is 10.6 Å². The number of aryl methyl sites for hydroxylation is 1. The minimum Gasteiger partial charge on any atom is -0.326 e. The summed E-state index contributed by atoms with van der Waals surface area (Å²) >= 11 is 0. The van der Waals surface area contributed by atoms with Gasteiger partial charge in [0.2, 0.25) is 5.95 Å². The normalized spacial score (nSPS) is 12.0. The van der Waals surface area contributed by atoms with E-state index in [-0.39, 0.29) is 5.69 Å². The van der Waals surface area contributed by atoms with Crippen LogP contribution in [0.4, 0.5) is 38.0 Å². The van der Waals surface area contributed by atoms with E-state index in [1.54, 1.807) is 0 Å². The number of rotatable bonds is 2. The molecule has 0 aliphatic heterocycles. The molecule has 0 aliphatic rings. The Kier molecular flexibility index (Phi) is 4.86. The lowest BCUT2D eigenvalue weighted by Crippen LogP contribution is -2.24. The molecule has 0 aliphatic carbocycles. The second-order valence-electron chi connectivity index (χ2n) is 4.88. The number of benzene rings is 1. The molecular formula is C14H11F6N5. The average Bonchev–Trinajstić information content (AvgIpc) is 2.45. The summed E-state index contributed by atoms with van der Waals surface area (Å²) in [6, 6.07) is 5.08. The van der Waals surface area contributed by atoms with Gasteiger partial charge in [-0.3, -0.25) is 10.7 Å². The van der Waals surface area contributed by atoms with Gasteiger partial charge < -0.3 is 5.32 Å². The van der Waals surface area contributed by atoms with Gasteiger partial charge in [-0.25, -0.2) is 9.97 Å². The van der Waals surface area contributed by atoms with Crippen molar-refractivity contribution in [2.45, 2.75) is 19.3 Å². The van der Waals surface area contributed by atoms with Crippen molar-refractivity contribution in [3.63, 3.8) is 0 Å². The van der Waals surface area contributed by atoms with E-state index in [1.165, 1.54) is 19.1 Å². The van der Waals surface area contributed by atoms with Crippen LogP contribution in [0.25, 0.3) is 0 Å². The zero-order chi connectivity index (χ0) is 18.8. The molecule has 0 saturated heterocycles. The summed E-state index contributed by atoms with van der Waals surface area (Å²) in [6.45, 7) is 1.29. The largest absolute Gasteiger partial charge is 0.433 e. The van der Waals surface area contributed by atoms with Crippen molar-refractivity contribution in [2.24, 2.45) is 0 Å². The summed E-state index contributed by atoms with van der Waals surface area (Å²) in [4.78, 5) is 6.88. The van der Waals surface area contributed by atoms with Crippen LogP contribution in [-0.4, -0.2) is 15.9 Å². The van der Waals surface area contributed by atoms with E-state index >= 15 is 0 Å². The highest BCUT2D eigenvalue weighted by atomic mass is 19.4. The van der Waals surface area contributed by atoms with Gasteiger partial charge in [0.05, 0.1) is 11.3 Å². The molecule has 0 unspecified atom stereocenters. The number of hydrogen-bond acceptors (Lipinski definition) is 3. The monoisotopic (exact) mass is 363 g/mol. The molecule has 1 aromatic carbocycles. The summed E-state index contributed by atoms with van der Waals surface area (Å²) in [7, 11) is 0. The second-order valence-corrected chi connectivity index (χ2v) is 4.88. The number of para-hydroxylation sites is 1. The van der Waals surface area contributed by atoms with Crippen molar-refractivity contribution >= 4 is 17.6 Å². The molecule has 0 amide bonds. The van der Waals surface area contributed by atoms with Crippen molar-refractivity contribution in [3.05, 3.63) is 47.3 Å². The van der Waals surface area contributed by atoms with Crippen molar-refractivity contribution in [3.8, 4) is 0 Å². The molecule has 5 nitrogen and oxygen atoms in total. The highest BCUT2D eigenvalue weighted by Crippen LogP contribution is 2.34. The fraction of sp³-hybridized carbons (Fsp3) is 0.214. The highest BCUT2D eigenvalue weighted by molar-refractivity contribution is 6.00. The predicted octanol–water partition coefficient (Wildman–Crippen LogP) is 4.28. The lowest BCUT2D eigenvalue weighted by atomic mass is 10.1. The van der Waals surface area contributed by atoms with Crippen LogP contribution in [0, 0.1) is 12.3 Å². The maximum atomic E-state index is 12.9. The molecule has 25 heavy (non-hydrogen) atoms. The van der Waals surface area contributed by atoms with Gasteiger partial charge in [0.1, 0.15) is 5.69 Å². The summed E-state index contributed by atoms with van der Waals surface area (Å²) in [5.74, 6) is -1.27. The topological polar surface area (TPSA) is 73.7 Å². The van der Waals surface area contributed by atoms with Crippen LogP contribution in [-0.2, 0) is 12.4 Å². The van der Waals surface area contributed by atoms with Gasteiger partial charge in [0, 0.05) is 5.69 Å². The molecule has 134 valence electrons. The molecule has 0 atom stereocenters. The third kappa shape index (κ3) is 4.81. The summed E-state index contributed by atoms with van der Waals surface area (Å²) < 4.78 is 76.8. The molecule has 1 heterocycles. The average molecular weight is 363 g/mol. The van der Waals surface area contributed by atoms with Gasteiger partial charge in [-0.1, -0.05) is 12.1 Å². The molecule has 11 heteroatoms. The standard InChI is InChI=1S/C14H11F6N5/c1-7-6-10(14(18,19)20)24-12(22-7)25-11(21)23-9-5-3-2-4-8(9)13(15,16)17/h2-6H,1H3,(H3,21,22,23,24,25). The number of hydrogen-bond donors (Lipinski definition) is 3. The van der Waals surface area contributed by atoms with Crippen LogP contribution in [0.15, 0.2) is 30.3 Å². The van der Waals surface area contributed by atoms with Crippen LogP contribution < -0.4 is 10.6 Å². The predicted molar refractivity (Wildman–Crippen MR) is 78.2 cm³/mol. The lowest BCUT2D eigenvalue weighted by molar-refractivity contribution is -0.141. The Labute approximate surface area is 137 Å². The number of halogens is 6. The van der Waals surface area contributed by atoms with E-state index in [9.17, 15) is 26.3 Å². The molecule has 2 rings (SSSR count). The van der Waals surface area contributed by atoms with E-state index in [0.29, 0.717) is 6.07 Å². The molecule has 0 radical (unpaired) electrons. The first-order valence-corrected chi connectivity index (χ1v) is 6.68. The van der Waals surface area contributed by atoms with Crippen LogP contribution in [0.5, 0.6) is 0 Å². The van der Waals surface area contributed by atoms with Crippen LogP contribution >= 0.6 is 0 Å². The number of nitrogens with zero attached hydrogens (tertiary/aromatic N) is 2. The van der Waals surface area contributed by atoms with Crippen LogP contribution in [0.1, 0.15) is 17.0 Å². The van der Waals surface area contributed by atoms with E-state index in [1.807, 2.05) is 0 Å². The molecular weight excluding hydrogens is 352 g/mol. The van der Waals surface area contributed by atoms with Gasteiger partial charge >= 0.3 is 12.4 Å². The van der Waals surface area contributed by atoms with E-state index in [2.05, 4.69) is 20.6 Å². The first-order valence-electron chi connectivity index (χ1n) is 6.68. The van der Waals surface area contributed by atoms with Gasteiger partial charge in [-0.2, -0.15) is 26.3 Å².